The van der Waals surface area contributed by atoms with Crippen LogP contribution in [-0.4, -0.2) is 49.8 Å². The predicted molar refractivity (Wildman–Crippen MR) is 101 cm³/mol. The van der Waals surface area contributed by atoms with E-state index < -0.39 is 5.97 Å². The SMILES string of the molecule is CN=C1S/C(=C/c2cc(Br)c(OCC(=O)OC)c(Br)c2)C(=O)N1C. The Kier molecular flexibility index (Phi) is 6.47. The van der Waals surface area contributed by atoms with E-state index in [1.165, 1.54) is 23.8 Å². The van der Waals surface area contributed by atoms with E-state index in [0.717, 1.165) is 5.56 Å². The minimum absolute atomic E-state index is 0.0983. The summed E-state index contributed by atoms with van der Waals surface area (Å²) < 4.78 is 11.3. The maximum Gasteiger partial charge on any atom is 0.343 e. The summed E-state index contributed by atoms with van der Waals surface area (Å²) in [4.78, 5) is 29.5. The fourth-order valence-electron chi connectivity index (χ4n) is 1.89. The zero-order valence-corrected chi connectivity index (χ0v) is 17.1. The molecule has 0 saturated carbocycles. The van der Waals surface area contributed by atoms with Crippen LogP contribution < -0.4 is 4.74 Å². The van der Waals surface area contributed by atoms with Gasteiger partial charge in [-0.25, -0.2) is 4.79 Å². The number of likely N-dealkylation sites (N-methyl/N-ethyl adjacent to an activating group) is 1. The maximum absolute atomic E-state index is 12.2. The van der Waals surface area contributed by atoms with Crippen LogP contribution in [0.1, 0.15) is 5.56 Å². The molecule has 0 spiro atoms. The van der Waals surface area contributed by atoms with Crippen molar-refractivity contribution in [1.82, 2.24) is 4.90 Å². The highest BCUT2D eigenvalue weighted by Crippen LogP contribution is 2.37. The summed E-state index contributed by atoms with van der Waals surface area (Å²) in [5, 5.41) is 0.655. The molecule has 1 fully saturated rings. The molecule has 1 aromatic carbocycles. The van der Waals surface area contributed by atoms with Crippen LogP contribution in [0.15, 0.2) is 31.0 Å². The third-order valence-electron chi connectivity index (χ3n) is 3.08. The number of carbonyl (C=O) groups excluding carboxylic acids is 2. The van der Waals surface area contributed by atoms with E-state index in [9.17, 15) is 9.59 Å². The first kappa shape index (κ1) is 19.0. The van der Waals surface area contributed by atoms with Gasteiger partial charge in [-0.3, -0.25) is 14.7 Å². The Morgan fingerprint density at radius 3 is 2.50 bits per heavy atom. The van der Waals surface area contributed by atoms with Crippen molar-refractivity contribution in [2.45, 2.75) is 0 Å². The molecule has 6 nitrogen and oxygen atoms in total. The Balaban J connectivity index is 2.26. The fraction of sp³-hybridized carbons (Fsp3) is 0.267. The van der Waals surface area contributed by atoms with Gasteiger partial charge in [0.2, 0.25) is 0 Å². The van der Waals surface area contributed by atoms with Crippen molar-refractivity contribution in [2.75, 3.05) is 27.8 Å². The van der Waals surface area contributed by atoms with E-state index in [1.54, 1.807) is 32.3 Å². The van der Waals surface area contributed by atoms with Crippen LogP contribution in [0, 0.1) is 0 Å². The van der Waals surface area contributed by atoms with E-state index in [4.69, 9.17) is 4.74 Å². The van der Waals surface area contributed by atoms with Crippen LogP contribution in [0.2, 0.25) is 0 Å². The largest absolute Gasteiger partial charge is 0.480 e. The van der Waals surface area contributed by atoms with Crippen LogP contribution in [-0.2, 0) is 14.3 Å². The Morgan fingerprint density at radius 1 is 1.38 bits per heavy atom. The van der Waals surface area contributed by atoms with Crippen LogP contribution in [0.25, 0.3) is 6.08 Å². The third kappa shape index (κ3) is 4.20. The van der Waals surface area contributed by atoms with Gasteiger partial charge in [0.05, 0.1) is 21.0 Å². The van der Waals surface area contributed by atoms with Crippen LogP contribution in [0.4, 0.5) is 0 Å². The minimum atomic E-state index is -0.470. The van der Waals surface area contributed by atoms with Gasteiger partial charge in [-0.15, -0.1) is 0 Å². The zero-order chi connectivity index (χ0) is 17.9. The van der Waals surface area contributed by atoms with Gasteiger partial charge >= 0.3 is 5.97 Å². The number of hydrogen-bond acceptors (Lipinski definition) is 6. The highest BCUT2D eigenvalue weighted by molar-refractivity contribution is 9.11. The van der Waals surface area contributed by atoms with E-state index in [-0.39, 0.29) is 12.5 Å². The Bertz CT molecular complexity index is 726. The van der Waals surface area contributed by atoms with Crippen molar-refractivity contribution in [2.24, 2.45) is 4.99 Å². The number of benzene rings is 1. The Hall–Kier alpha value is -1.32. The first-order valence-electron chi connectivity index (χ1n) is 6.70. The zero-order valence-electron chi connectivity index (χ0n) is 13.1. The topological polar surface area (TPSA) is 68.2 Å². The van der Waals surface area contributed by atoms with Crippen LogP contribution in [0.5, 0.6) is 5.75 Å². The maximum atomic E-state index is 12.2. The molecule has 0 aliphatic carbocycles. The van der Waals surface area contributed by atoms with Gasteiger partial charge in [0.25, 0.3) is 5.91 Å². The number of rotatable bonds is 4. The minimum Gasteiger partial charge on any atom is -0.480 e. The molecule has 9 heteroatoms. The number of thioether (sulfide) groups is 1. The number of amides is 1. The summed E-state index contributed by atoms with van der Waals surface area (Å²) in [7, 11) is 4.63. The summed E-state index contributed by atoms with van der Waals surface area (Å²) in [5.74, 6) is -0.0814. The van der Waals surface area contributed by atoms with Gasteiger partial charge in [-0.2, -0.15) is 0 Å². The molecule has 1 amide bonds. The highest BCUT2D eigenvalue weighted by Gasteiger charge is 2.29. The highest BCUT2D eigenvalue weighted by atomic mass is 79.9. The number of amidine groups is 1. The molecule has 1 aliphatic rings. The van der Waals surface area contributed by atoms with E-state index in [0.29, 0.717) is 24.8 Å². The predicted octanol–water partition coefficient (Wildman–Crippen LogP) is 3.30. The lowest BCUT2D eigenvalue weighted by atomic mass is 10.2. The normalized spacial score (nSPS) is 17.7. The first-order valence-corrected chi connectivity index (χ1v) is 9.10. The lowest BCUT2D eigenvalue weighted by Gasteiger charge is -2.10. The van der Waals surface area contributed by atoms with Gasteiger partial charge in [-0.05, 0) is 67.4 Å². The summed E-state index contributed by atoms with van der Waals surface area (Å²) >= 11 is 8.14. The van der Waals surface area contributed by atoms with Gasteiger partial charge in [0, 0.05) is 14.1 Å². The van der Waals surface area contributed by atoms with Crippen molar-refractivity contribution in [3.8, 4) is 5.75 Å². The molecule has 0 atom stereocenters. The Morgan fingerprint density at radius 2 is 2.00 bits per heavy atom. The standard InChI is InChI=1S/C15H14Br2N2O4S/c1-18-15-19(2)14(21)11(24-15)6-8-4-9(16)13(10(17)5-8)23-7-12(20)22-3/h4-6H,7H2,1-3H3/b11-6+,18-15?. The molecule has 1 aliphatic heterocycles. The number of carbonyl (C=O) groups is 2. The van der Waals surface area contributed by atoms with Crippen molar-refractivity contribution >= 4 is 66.7 Å². The molecular weight excluding hydrogens is 464 g/mol. The molecule has 1 saturated heterocycles. The second-order valence-corrected chi connectivity index (χ2v) is 7.38. The molecule has 0 bridgehead atoms. The number of aliphatic imine (C=N–C) groups is 1. The number of methoxy groups -OCH3 is 1. The first-order chi connectivity index (χ1) is 11.4. The molecule has 0 N–H and O–H groups in total. The van der Waals surface area contributed by atoms with Crippen molar-refractivity contribution in [1.29, 1.82) is 0 Å². The molecular formula is C15H14Br2N2O4S. The van der Waals surface area contributed by atoms with Crippen LogP contribution >= 0.6 is 43.6 Å². The van der Waals surface area contributed by atoms with Crippen molar-refractivity contribution in [3.05, 3.63) is 31.5 Å². The van der Waals surface area contributed by atoms with Crippen LogP contribution in [0.3, 0.4) is 0 Å². The fourth-order valence-corrected chi connectivity index (χ4v) is 4.27. The molecule has 0 unspecified atom stereocenters. The average Bonchev–Trinajstić information content (AvgIpc) is 2.81. The molecule has 0 aromatic heterocycles. The molecule has 24 heavy (non-hydrogen) atoms. The summed E-state index contributed by atoms with van der Waals surface area (Å²) in [6, 6.07) is 3.61. The Labute approximate surface area is 160 Å². The third-order valence-corrected chi connectivity index (χ3v) is 5.40. The molecule has 0 radical (unpaired) electrons. The van der Waals surface area contributed by atoms with Gasteiger partial charge in [0.1, 0.15) is 5.75 Å². The molecule has 1 aromatic rings. The number of ether oxygens (including phenoxy) is 2. The second-order valence-electron chi connectivity index (χ2n) is 4.66. The smallest absolute Gasteiger partial charge is 0.343 e. The lowest BCUT2D eigenvalue weighted by molar-refractivity contribution is -0.142. The summed E-state index contributed by atoms with van der Waals surface area (Å²) in [6.45, 7) is -0.191. The summed E-state index contributed by atoms with van der Waals surface area (Å²) in [6.07, 6.45) is 1.78. The quantitative estimate of drug-likeness (QED) is 0.491. The second kappa shape index (κ2) is 8.17. The molecule has 128 valence electrons. The van der Waals surface area contributed by atoms with E-state index >= 15 is 0 Å². The molecule has 2 rings (SSSR count). The lowest BCUT2D eigenvalue weighted by Crippen LogP contribution is -2.23. The average molecular weight is 478 g/mol. The van der Waals surface area contributed by atoms with E-state index in [2.05, 4.69) is 41.6 Å². The van der Waals surface area contributed by atoms with Crippen molar-refractivity contribution < 1.29 is 19.1 Å². The summed E-state index contributed by atoms with van der Waals surface area (Å²) in [5.41, 5.74) is 0.806. The number of halogens is 2. The number of hydrogen-bond donors (Lipinski definition) is 0. The van der Waals surface area contributed by atoms with E-state index in [1.807, 2.05) is 0 Å². The van der Waals surface area contributed by atoms with Crippen molar-refractivity contribution in [3.63, 3.8) is 0 Å². The van der Waals surface area contributed by atoms with Gasteiger partial charge in [-0.1, -0.05) is 0 Å². The number of esters is 1. The molecule has 1 heterocycles. The monoisotopic (exact) mass is 476 g/mol. The van der Waals surface area contributed by atoms with Gasteiger partial charge < -0.3 is 9.47 Å². The van der Waals surface area contributed by atoms with Gasteiger partial charge in [0.15, 0.2) is 11.8 Å². The number of nitrogens with zero attached hydrogens (tertiary/aromatic N) is 2.